The fourth-order valence-electron chi connectivity index (χ4n) is 1.07. The lowest BCUT2D eigenvalue weighted by Crippen LogP contribution is -2.27. The van der Waals surface area contributed by atoms with Crippen LogP contribution in [-0.4, -0.2) is 32.0 Å². The van der Waals surface area contributed by atoms with Crippen LogP contribution in [0, 0.1) is 0 Å². The number of ether oxygens (including phenoxy) is 2. The second-order valence-corrected chi connectivity index (χ2v) is 3.90. The molecule has 0 rings (SSSR count). The molecule has 3 heteroatoms. The predicted octanol–water partition coefficient (Wildman–Crippen LogP) is 1.95. The Bertz CT molecular complexity index is 118. The van der Waals surface area contributed by atoms with Crippen molar-refractivity contribution in [3.8, 4) is 0 Å². The number of hydrogen-bond acceptors (Lipinski definition) is 3. The van der Waals surface area contributed by atoms with Crippen LogP contribution >= 0.6 is 0 Å². The van der Waals surface area contributed by atoms with Gasteiger partial charge < -0.3 is 15.2 Å². The van der Waals surface area contributed by atoms with Gasteiger partial charge in [0.1, 0.15) is 0 Å². The summed E-state index contributed by atoms with van der Waals surface area (Å²) < 4.78 is 10.9. The van der Waals surface area contributed by atoms with Crippen LogP contribution < -0.4 is 5.73 Å². The van der Waals surface area contributed by atoms with E-state index in [4.69, 9.17) is 15.2 Å². The molecular formula is C11H25NO2. The van der Waals surface area contributed by atoms with Crippen molar-refractivity contribution in [1.29, 1.82) is 0 Å². The molecule has 0 amide bonds. The normalized spacial score (nSPS) is 15.4. The van der Waals surface area contributed by atoms with E-state index in [1.54, 1.807) is 0 Å². The third-order valence-corrected chi connectivity index (χ3v) is 1.89. The number of unbranched alkanes of at least 4 members (excludes halogenated alkanes) is 2. The van der Waals surface area contributed by atoms with Gasteiger partial charge in [0, 0.05) is 12.6 Å². The van der Waals surface area contributed by atoms with Crippen molar-refractivity contribution in [2.45, 2.75) is 52.2 Å². The summed E-state index contributed by atoms with van der Waals surface area (Å²) in [4.78, 5) is 0. The number of nitrogens with two attached hydrogens (primary N) is 1. The highest BCUT2D eigenvalue weighted by molar-refractivity contribution is 4.53. The zero-order valence-electron chi connectivity index (χ0n) is 9.79. The van der Waals surface area contributed by atoms with Crippen LogP contribution in [-0.2, 0) is 9.47 Å². The molecule has 0 aromatic carbocycles. The average Bonchev–Trinajstić information content (AvgIpc) is 2.14. The Morgan fingerprint density at radius 1 is 1.14 bits per heavy atom. The Morgan fingerprint density at radius 3 is 2.43 bits per heavy atom. The van der Waals surface area contributed by atoms with E-state index >= 15 is 0 Å². The molecule has 0 aromatic rings. The Kier molecular flexibility index (Phi) is 9.35. The predicted molar refractivity (Wildman–Crippen MR) is 59.4 cm³/mol. The first-order valence-corrected chi connectivity index (χ1v) is 5.61. The highest BCUT2D eigenvalue weighted by Crippen LogP contribution is 1.97. The molecule has 0 spiro atoms. The third kappa shape index (κ3) is 9.96. The Balaban J connectivity index is 3.14. The second kappa shape index (κ2) is 9.44. The van der Waals surface area contributed by atoms with Crippen molar-refractivity contribution < 1.29 is 9.47 Å². The van der Waals surface area contributed by atoms with Gasteiger partial charge in [0.05, 0.1) is 19.3 Å². The smallest absolute Gasteiger partial charge is 0.0781 e. The molecule has 0 radical (unpaired) electrons. The van der Waals surface area contributed by atoms with Crippen LogP contribution in [0.3, 0.4) is 0 Å². The molecule has 3 nitrogen and oxygen atoms in total. The SMILES string of the molecule is CCCCCOCC(C)OCC(C)N. The van der Waals surface area contributed by atoms with E-state index < -0.39 is 0 Å². The zero-order chi connectivity index (χ0) is 10.8. The molecule has 2 atom stereocenters. The molecule has 0 aliphatic rings. The average molecular weight is 203 g/mol. The zero-order valence-corrected chi connectivity index (χ0v) is 9.79. The van der Waals surface area contributed by atoms with E-state index in [9.17, 15) is 0 Å². The minimum absolute atomic E-state index is 0.109. The summed E-state index contributed by atoms with van der Waals surface area (Å²) in [5.74, 6) is 0. The maximum Gasteiger partial charge on any atom is 0.0781 e. The van der Waals surface area contributed by atoms with E-state index in [2.05, 4.69) is 6.92 Å². The summed E-state index contributed by atoms with van der Waals surface area (Å²) in [6.45, 7) is 8.28. The molecule has 0 bridgehead atoms. The van der Waals surface area contributed by atoms with Gasteiger partial charge in [-0.1, -0.05) is 19.8 Å². The van der Waals surface area contributed by atoms with Gasteiger partial charge >= 0.3 is 0 Å². The van der Waals surface area contributed by atoms with Crippen LogP contribution in [0.4, 0.5) is 0 Å². The quantitative estimate of drug-likeness (QED) is 0.582. The summed E-state index contributed by atoms with van der Waals surface area (Å²) in [6, 6.07) is 0.109. The molecule has 86 valence electrons. The summed E-state index contributed by atoms with van der Waals surface area (Å²) in [5, 5.41) is 0. The van der Waals surface area contributed by atoms with Crippen LogP contribution in [0.5, 0.6) is 0 Å². The maximum atomic E-state index is 5.57. The molecular weight excluding hydrogens is 178 g/mol. The highest BCUT2D eigenvalue weighted by Gasteiger charge is 2.03. The molecule has 0 saturated carbocycles. The Morgan fingerprint density at radius 2 is 1.86 bits per heavy atom. The van der Waals surface area contributed by atoms with Gasteiger partial charge in [-0.3, -0.25) is 0 Å². The van der Waals surface area contributed by atoms with Gasteiger partial charge in [0.25, 0.3) is 0 Å². The molecule has 14 heavy (non-hydrogen) atoms. The van der Waals surface area contributed by atoms with Crippen LogP contribution in [0.25, 0.3) is 0 Å². The minimum Gasteiger partial charge on any atom is -0.379 e. The van der Waals surface area contributed by atoms with Crippen LogP contribution in [0.15, 0.2) is 0 Å². The monoisotopic (exact) mass is 203 g/mol. The molecule has 0 aromatic heterocycles. The summed E-state index contributed by atoms with van der Waals surface area (Å²) >= 11 is 0. The van der Waals surface area contributed by atoms with Gasteiger partial charge in [-0.15, -0.1) is 0 Å². The molecule has 0 fully saturated rings. The fraction of sp³-hybridized carbons (Fsp3) is 1.00. The molecule has 2 N–H and O–H groups in total. The maximum absolute atomic E-state index is 5.57. The van der Waals surface area contributed by atoms with Crippen molar-refractivity contribution in [3.63, 3.8) is 0 Å². The van der Waals surface area contributed by atoms with Crippen LogP contribution in [0.1, 0.15) is 40.0 Å². The van der Waals surface area contributed by atoms with Crippen molar-refractivity contribution in [3.05, 3.63) is 0 Å². The van der Waals surface area contributed by atoms with E-state index in [0.717, 1.165) is 13.0 Å². The second-order valence-electron chi connectivity index (χ2n) is 3.90. The summed E-state index contributed by atoms with van der Waals surface area (Å²) in [7, 11) is 0. The summed E-state index contributed by atoms with van der Waals surface area (Å²) in [5.41, 5.74) is 5.57. The first kappa shape index (κ1) is 13.9. The van der Waals surface area contributed by atoms with Gasteiger partial charge in [0.15, 0.2) is 0 Å². The van der Waals surface area contributed by atoms with Gasteiger partial charge in [0.2, 0.25) is 0 Å². The van der Waals surface area contributed by atoms with Gasteiger partial charge in [-0.25, -0.2) is 0 Å². The Labute approximate surface area is 88.0 Å². The van der Waals surface area contributed by atoms with E-state index in [-0.39, 0.29) is 12.1 Å². The lowest BCUT2D eigenvalue weighted by atomic mass is 10.3. The fourth-order valence-corrected chi connectivity index (χ4v) is 1.07. The van der Waals surface area contributed by atoms with Crippen molar-refractivity contribution in [2.24, 2.45) is 5.73 Å². The highest BCUT2D eigenvalue weighted by atomic mass is 16.5. The van der Waals surface area contributed by atoms with Crippen molar-refractivity contribution in [2.75, 3.05) is 19.8 Å². The molecule has 0 aliphatic carbocycles. The van der Waals surface area contributed by atoms with Crippen LogP contribution in [0.2, 0.25) is 0 Å². The first-order chi connectivity index (χ1) is 6.66. The molecule has 0 saturated heterocycles. The number of rotatable bonds is 9. The van der Waals surface area contributed by atoms with Gasteiger partial charge in [-0.05, 0) is 20.3 Å². The molecule has 0 aliphatic heterocycles. The van der Waals surface area contributed by atoms with Crippen molar-refractivity contribution in [1.82, 2.24) is 0 Å². The third-order valence-electron chi connectivity index (χ3n) is 1.89. The van der Waals surface area contributed by atoms with Crippen molar-refractivity contribution >= 4 is 0 Å². The standard InChI is InChI=1S/C11H25NO2/c1-4-5-6-7-13-9-11(3)14-8-10(2)12/h10-11H,4-9,12H2,1-3H3. The summed E-state index contributed by atoms with van der Waals surface area (Å²) in [6.07, 6.45) is 3.79. The first-order valence-electron chi connectivity index (χ1n) is 5.61. The minimum atomic E-state index is 0.109. The lowest BCUT2D eigenvalue weighted by molar-refractivity contribution is -0.0107. The van der Waals surface area contributed by atoms with E-state index in [1.807, 2.05) is 13.8 Å². The lowest BCUT2D eigenvalue weighted by Gasteiger charge is -2.14. The number of hydrogen-bond donors (Lipinski definition) is 1. The van der Waals surface area contributed by atoms with Gasteiger partial charge in [-0.2, -0.15) is 0 Å². The largest absolute Gasteiger partial charge is 0.379 e. The Hall–Kier alpha value is -0.120. The molecule has 0 heterocycles. The molecule has 2 unspecified atom stereocenters. The van der Waals surface area contributed by atoms with E-state index in [0.29, 0.717) is 13.2 Å². The van der Waals surface area contributed by atoms with E-state index in [1.165, 1.54) is 12.8 Å². The topological polar surface area (TPSA) is 44.5 Å².